The lowest BCUT2D eigenvalue weighted by Gasteiger charge is -2.25. The van der Waals surface area contributed by atoms with Crippen molar-refractivity contribution in [1.82, 2.24) is 4.98 Å². The topological polar surface area (TPSA) is 114 Å². The van der Waals surface area contributed by atoms with E-state index in [1.54, 1.807) is 12.1 Å². The third-order valence-electron chi connectivity index (χ3n) is 4.90. The van der Waals surface area contributed by atoms with Gasteiger partial charge in [-0.3, -0.25) is 29.6 Å². The van der Waals surface area contributed by atoms with Gasteiger partial charge in [0.1, 0.15) is 11.6 Å². The molecule has 0 spiro atoms. The summed E-state index contributed by atoms with van der Waals surface area (Å²) >= 11 is 0. The van der Waals surface area contributed by atoms with Gasteiger partial charge in [-0.2, -0.15) is 0 Å². The van der Waals surface area contributed by atoms with Crippen LogP contribution in [-0.4, -0.2) is 26.7 Å². The SMILES string of the molecule is O=C1C(=O)N(c2cccc(F)c2)C(c2ccncc2)/C1=C(\O)c1ccc([N+](=O)[O-])cc1. The molecule has 1 aliphatic rings. The number of Topliss-reactive ketones (excluding diaryl/α,β-unsaturated/α-hetero) is 1. The number of carbonyl (C=O) groups is 2. The molecule has 154 valence electrons. The number of anilines is 1. The lowest BCUT2D eigenvalue weighted by molar-refractivity contribution is -0.384. The number of rotatable bonds is 4. The first-order chi connectivity index (χ1) is 14.9. The zero-order valence-electron chi connectivity index (χ0n) is 15.8. The minimum Gasteiger partial charge on any atom is -0.507 e. The van der Waals surface area contributed by atoms with E-state index < -0.39 is 34.2 Å². The number of amides is 1. The maximum Gasteiger partial charge on any atom is 0.300 e. The van der Waals surface area contributed by atoms with Crippen molar-refractivity contribution < 1.29 is 24.0 Å². The average Bonchev–Trinajstić information content (AvgIpc) is 3.04. The molecule has 2 aromatic carbocycles. The summed E-state index contributed by atoms with van der Waals surface area (Å²) in [6.45, 7) is 0. The van der Waals surface area contributed by atoms with Crippen LogP contribution in [0.4, 0.5) is 15.8 Å². The van der Waals surface area contributed by atoms with Gasteiger partial charge in [-0.25, -0.2) is 4.39 Å². The van der Waals surface area contributed by atoms with E-state index >= 15 is 0 Å². The van der Waals surface area contributed by atoms with Gasteiger partial charge >= 0.3 is 0 Å². The Bertz CT molecular complexity index is 1230. The molecule has 31 heavy (non-hydrogen) atoms. The van der Waals surface area contributed by atoms with E-state index in [4.69, 9.17) is 0 Å². The molecule has 4 rings (SSSR count). The van der Waals surface area contributed by atoms with Gasteiger partial charge in [0.15, 0.2) is 0 Å². The number of ketones is 1. The van der Waals surface area contributed by atoms with Crippen LogP contribution in [0.1, 0.15) is 17.2 Å². The van der Waals surface area contributed by atoms with E-state index in [1.165, 1.54) is 54.9 Å². The number of benzene rings is 2. The highest BCUT2D eigenvalue weighted by Crippen LogP contribution is 2.42. The number of halogens is 1. The number of aliphatic hydroxyl groups excluding tert-OH is 1. The summed E-state index contributed by atoms with van der Waals surface area (Å²) < 4.78 is 13.8. The highest BCUT2D eigenvalue weighted by atomic mass is 19.1. The van der Waals surface area contributed by atoms with Gasteiger partial charge < -0.3 is 5.11 Å². The van der Waals surface area contributed by atoms with E-state index in [9.17, 15) is 29.2 Å². The molecule has 1 amide bonds. The van der Waals surface area contributed by atoms with E-state index in [0.717, 1.165) is 11.0 Å². The number of carbonyl (C=O) groups excluding carboxylic acids is 2. The lowest BCUT2D eigenvalue weighted by atomic mass is 9.95. The van der Waals surface area contributed by atoms with Crippen molar-refractivity contribution in [2.75, 3.05) is 4.90 Å². The third kappa shape index (κ3) is 3.52. The summed E-state index contributed by atoms with van der Waals surface area (Å²) in [5.74, 6) is -2.98. The van der Waals surface area contributed by atoms with Crippen LogP contribution in [0.15, 0.2) is 78.6 Å². The Morgan fingerprint density at radius 1 is 1.06 bits per heavy atom. The normalized spacial score (nSPS) is 17.7. The quantitative estimate of drug-likeness (QED) is 0.226. The fourth-order valence-electron chi connectivity index (χ4n) is 3.48. The smallest absolute Gasteiger partial charge is 0.300 e. The van der Waals surface area contributed by atoms with Crippen LogP contribution in [0.5, 0.6) is 0 Å². The third-order valence-corrected chi connectivity index (χ3v) is 4.90. The standard InChI is InChI=1S/C22H14FN3O5/c23-15-2-1-3-17(12-15)25-19(13-8-10-24-11-9-13)18(21(28)22(25)29)20(27)14-4-6-16(7-5-14)26(30)31/h1-12,19,27H/b20-18+. The number of aliphatic hydroxyl groups is 1. The van der Waals surface area contributed by atoms with Gasteiger partial charge in [0.2, 0.25) is 0 Å². The lowest BCUT2D eigenvalue weighted by Crippen LogP contribution is -2.29. The molecule has 1 N–H and O–H groups in total. The van der Waals surface area contributed by atoms with Crippen LogP contribution < -0.4 is 4.90 Å². The molecule has 2 heterocycles. The number of nitro benzene ring substituents is 1. The van der Waals surface area contributed by atoms with Crippen molar-refractivity contribution in [1.29, 1.82) is 0 Å². The van der Waals surface area contributed by atoms with Gasteiger partial charge in [0, 0.05) is 35.8 Å². The molecule has 1 unspecified atom stereocenters. The Labute approximate surface area is 175 Å². The van der Waals surface area contributed by atoms with Gasteiger partial charge in [-0.1, -0.05) is 6.07 Å². The van der Waals surface area contributed by atoms with Crippen molar-refractivity contribution in [2.45, 2.75) is 6.04 Å². The number of nitro groups is 1. The fourth-order valence-corrected chi connectivity index (χ4v) is 3.48. The Kier molecular flexibility index (Phi) is 5.00. The molecule has 1 atom stereocenters. The van der Waals surface area contributed by atoms with E-state index in [0.29, 0.717) is 5.56 Å². The summed E-state index contributed by atoms with van der Waals surface area (Å²) in [5, 5.41) is 21.8. The summed E-state index contributed by atoms with van der Waals surface area (Å²) in [4.78, 5) is 41.1. The van der Waals surface area contributed by atoms with Gasteiger partial charge in [-0.15, -0.1) is 0 Å². The molecule has 1 aliphatic heterocycles. The van der Waals surface area contributed by atoms with E-state index in [2.05, 4.69) is 4.98 Å². The summed E-state index contributed by atoms with van der Waals surface area (Å²) in [6.07, 6.45) is 2.93. The van der Waals surface area contributed by atoms with Crippen molar-refractivity contribution in [3.8, 4) is 0 Å². The zero-order valence-corrected chi connectivity index (χ0v) is 15.8. The molecule has 3 aromatic rings. The highest BCUT2D eigenvalue weighted by Gasteiger charge is 2.47. The first kappa shape index (κ1) is 19.9. The van der Waals surface area contributed by atoms with E-state index in [-0.39, 0.29) is 22.5 Å². The largest absolute Gasteiger partial charge is 0.507 e. The number of hydrogen-bond acceptors (Lipinski definition) is 6. The van der Waals surface area contributed by atoms with Gasteiger partial charge in [0.05, 0.1) is 16.5 Å². The van der Waals surface area contributed by atoms with Crippen LogP contribution in [0, 0.1) is 15.9 Å². The van der Waals surface area contributed by atoms with Crippen molar-refractivity contribution in [3.05, 3.63) is 106 Å². The molecule has 0 saturated carbocycles. The molecule has 1 aromatic heterocycles. The van der Waals surface area contributed by atoms with Crippen LogP contribution in [0.25, 0.3) is 5.76 Å². The second kappa shape index (κ2) is 7.79. The summed E-state index contributed by atoms with van der Waals surface area (Å²) in [5.41, 5.74) is 0.340. The predicted molar refractivity (Wildman–Crippen MR) is 109 cm³/mol. The Balaban J connectivity index is 1.91. The first-order valence-electron chi connectivity index (χ1n) is 9.10. The molecular weight excluding hydrogens is 405 g/mol. The van der Waals surface area contributed by atoms with Crippen molar-refractivity contribution in [2.24, 2.45) is 0 Å². The van der Waals surface area contributed by atoms with Gasteiger partial charge in [0.25, 0.3) is 17.4 Å². The van der Waals surface area contributed by atoms with Crippen LogP contribution in [0.3, 0.4) is 0 Å². The van der Waals surface area contributed by atoms with Crippen molar-refractivity contribution in [3.63, 3.8) is 0 Å². The second-order valence-electron chi connectivity index (χ2n) is 6.73. The number of pyridine rings is 1. The Hall–Kier alpha value is -4.40. The molecule has 1 fully saturated rings. The second-order valence-corrected chi connectivity index (χ2v) is 6.73. The molecule has 0 radical (unpaired) electrons. The van der Waals surface area contributed by atoms with Crippen LogP contribution >= 0.6 is 0 Å². The Morgan fingerprint density at radius 2 is 1.74 bits per heavy atom. The zero-order chi connectivity index (χ0) is 22.1. The molecule has 9 heteroatoms. The minimum atomic E-state index is -1.04. The number of nitrogens with zero attached hydrogens (tertiary/aromatic N) is 3. The maximum atomic E-state index is 13.8. The maximum absolute atomic E-state index is 13.8. The molecule has 0 bridgehead atoms. The van der Waals surface area contributed by atoms with Crippen molar-refractivity contribution >= 4 is 28.8 Å². The monoisotopic (exact) mass is 419 g/mol. The number of aromatic nitrogens is 1. The van der Waals surface area contributed by atoms with Gasteiger partial charge in [-0.05, 0) is 48.0 Å². The Morgan fingerprint density at radius 3 is 2.35 bits per heavy atom. The number of non-ortho nitro benzene ring substituents is 1. The number of hydrogen-bond donors (Lipinski definition) is 1. The molecule has 0 aliphatic carbocycles. The first-order valence-corrected chi connectivity index (χ1v) is 9.10. The average molecular weight is 419 g/mol. The van der Waals surface area contributed by atoms with E-state index in [1.807, 2.05) is 0 Å². The predicted octanol–water partition coefficient (Wildman–Crippen LogP) is 3.76. The molecule has 1 saturated heterocycles. The van der Waals surface area contributed by atoms with Crippen LogP contribution in [-0.2, 0) is 9.59 Å². The fraction of sp³-hybridized carbons (Fsp3) is 0.0455. The summed E-state index contributed by atoms with van der Waals surface area (Å²) in [7, 11) is 0. The van der Waals surface area contributed by atoms with Crippen LogP contribution in [0.2, 0.25) is 0 Å². The molecule has 8 nitrogen and oxygen atoms in total. The summed E-state index contributed by atoms with van der Waals surface area (Å²) in [6, 6.07) is 12.2. The minimum absolute atomic E-state index is 0.127. The highest BCUT2D eigenvalue weighted by molar-refractivity contribution is 6.51. The molecular formula is C22H14FN3O5.